The smallest absolute Gasteiger partial charge is 0.385 e. The van der Waals surface area contributed by atoms with E-state index in [0.29, 0.717) is 37.4 Å². The monoisotopic (exact) mass is 497 g/mol. The molecule has 2 aliphatic rings. The van der Waals surface area contributed by atoms with Crippen molar-refractivity contribution in [3.05, 3.63) is 35.4 Å². The minimum Gasteiger partial charge on any atom is -0.385 e. The molecule has 3 atom stereocenters. The summed E-state index contributed by atoms with van der Waals surface area (Å²) in [4.78, 5) is 14.9. The Morgan fingerprint density at radius 1 is 1.14 bits per heavy atom. The number of carbonyl (C=O) groups is 1. The number of urea groups is 1. The van der Waals surface area contributed by atoms with E-state index in [1.807, 2.05) is 20.0 Å². The number of aliphatic hydroxyl groups is 1. The largest absolute Gasteiger partial charge is 0.389 e. The number of benzene rings is 1. The summed E-state index contributed by atoms with van der Waals surface area (Å²) >= 11 is 0. The van der Waals surface area contributed by atoms with Gasteiger partial charge in [0.25, 0.3) is 0 Å². The second kappa shape index (κ2) is 12.4. The Bertz CT molecular complexity index is 813. The number of amides is 2. The molecule has 0 spiro atoms. The fourth-order valence-corrected chi connectivity index (χ4v) is 5.91. The minimum absolute atomic E-state index is 0.0110. The van der Waals surface area contributed by atoms with E-state index in [1.54, 1.807) is 23.1 Å². The quantitative estimate of drug-likeness (QED) is 0.422. The first-order chi connectivity index (χ1) is 16.6. The van der Waals surface area contributed by atoms with E-state index in [9.17, 15) is 23.1 Å². The number of piperidine rings is 1. The molecule has 3 N–H and O–H groups in total. The predicted molar refractivity (Wildman–Crippen MR) is 132 cm³/mol. The Kier molecular flexibility index (Phi) is 9.87. The van der Waals surface area contributed by atoms with Crippen LogP contribution in [0.5, 0.6) is 0 Å². The molecule has 1 aromatic carbocycles. The minimum atomic E-state index is -4.36. The van der Waals surface area contributed by atoms with Crippen LogP contribution in [0, 0.1) is 18.8 Å². The summed E-state index contributed by atoms with van der Waals surface area (Å²) in [5.74, 6) is 0.150. The molecular formula is C27H42F3N3O2. The number of hydrogen-bond acceptors (Lipinski definition) is 3. The highest BCUT2D eigenvalue weighted by molar-refractivity contribution is 5.74. The summed E-state index contributed by atoms with van der Waals surface area (Å²) in [7, 11) is 1.87. The first-order valence-electron chi connectivity index (χ1n) is 13.2. The summed E-state index contributed by atoms with van der Waals surface area (Å²) in [6, 6.07) is 6.93. The number of likely N-dealkylation sites (N-methyl/N-ethyl adjacent to an activating group) is 1. The van der Waals surface area contributed by atoms with Gasteiger partial charge >= 0.3 is 12.2 Å². The number of nitrogens with zero attached hydrogens (tertiary/aromatic N) is 1. The van der Waals surface area contributed by atoms with Crippen molar-refractivity contribution in [2.75, 3.05) is 26.7 Å². The lowest BCUT2D eigenvalue weighted by Crippen LogP contribution is -2.54. The molecule has 35 heavy (non-hydrogen) atoms. The highest BCUT2D eigenvalue weighted by atomic mass is 19.4. The number of carbonyl (C=O) groups excluding carboxylic acids is 1. The second-order valence-corrected chi connectivity index (χ2v) is 10.6. The molecule has 1 aliphatic heterocycles. The van der Waals surface area contributed by atoms with Crippen molar-refractivity contribution in [1.82, 2.24) is 15.5 Å². The summed E-state index contributed by atoms with van der Waals surface area (Å²) in [5, 5.41) is 18.1. The molecule has 0 aromatic heterocycles. The van der Waals surface area contributed by atoms with E-state index in [0.717, 1.165) is 12.0 Å². The topological polar surface area (TPSA) is 64.6 Å². The highest BCUT2D eigenvalue weighted by Gasteiger charge is 2.44. The van der Waals surface area contributed by atoms with Gasteiger partial charge < -0.3 is 20.6 Å². The van der Waals surface area contributed by atoms with Gasteiger partial charge in [-0.15, -0.1) is 0 Å². The van der Waals surface area contributed by atoms with Crippen molar-refractivity contribution in [2.45, 2.75) is 89.0 Å². The van der Waals surface area contributed by atoms with Crippen LogP contribution in [0.1, 0.15) is 75.3 Å². The van der Waals surface area contributed by atoms with Gasteiger partial charge in [-0.25, -0.2) is 4.79 Å². The van der Waals surface area contributed by atoms with E-state index in [4.69, 9.17) is 0 Å². The molecule has 8 heteroatoms. The maximum Gasteiger partial charge on any atom is 0.389 e. The van der Waals surface area contributed by atoms with Gasteiger partial charge in [-0.1, -0.05) is 61.9 Å². The van der Waals surface area contributed by atoms with E-state index in [2.05, 4.69) is 10.6 Å². The van der Waals surface area contributed by atoms with Crippen molar-refractivity contribution in [2.24, 2.45) is 11.8 Å². The van der Waals surface area contributed by atoms with E-state index in [-0.39, 0.29) is 18.6 Å². The van der Waals surface area contributed by atoms with Crippen molar-refractivity contribution in [3.63, 3.8) is 0 Å². The first-order valence-corrected chi connectivity index (χ1v) is 13.2. The summed E-state index contributed by atoms with van der Waals surface area (Å²) < 4.78 is 39.5. The lowest BCUT2D eigenvalue weighted by Gasteiger charge is -2.43. The number of aryl methyl sites for hydroxylation is 1. The van der Waals surface area contributed by atoms with Crippen LogP contribution in [0.3, 0.4) is 0 Å². The molecular weight excluding hydrogens is 455 g/mol. The van der Waals surface area contributed by atoms with Gasteiger partial charge in [-0.05, 0) is 51.1 Å². The molecule has 5 nitrogen and oxygen atoms in total. The molecule has 2 amide bonds. The average Bonchev–Trinajstić information content (AvgIpc) is 2.83. The van der Waals surface area contributed by atoms with Crippen LogP contribution in [0.15, 0.2) is 24.3 Å². The van der Waals surface area contributed by atoms with E-state index < -0.39 is 30.5 Å². The van der Waals surface area contributed by atoms with Crippen LogP contribution in [-0.4, -0.2) is 54.9 Å². The normalized spacial score (nSPS) is 22.5. The molecule has 1 unspecified atom stereocenters. The molecule has 198 valence electrons. The van der Waals surface area contributed by atoms with Crippen molar-refractivity contribution < 1.29 is 23.1 Å². The number of rotatable bonds is 9. The predicted octanol–water partition coefficient (Wildman–Crippen LogP) is 5.51. The van der Waals surface area contributed by atoms with Gasteiger partial charge in [-0.2, -0.15) is 13.2 Å². The fraction of sp³-hybridized carbons (Fsp3) is 0.741. The van der Waals surface area contributed by atoms with Crippen molar-refractivity contribution in [1.29, 1.82) is 0 Å². The Hall–Kier alpha value is -1.80. The molecule has 1 aliphatic carbocycles. The van der Waals surface area contributed by atoms with Crippen molar-refractivity contribution in [3.8, 4) is 0 Å². The van der Waals surface area contributed by atoms with Gasteiger partial charge in [-0.3, -0.25) is 0 Å². The third kappa shape index (κ3) is 8.10. The zero-order chi connectivity index (χ0) is 25.5. The fourth-order valence-electron chi connectivity index (χ4n) is 5.91. The molecule has 1 saturated carbocycles. The Balaban J connectivity index is 1.71. The van der Waals surface area contributed by atoms with Crippen LogP contribution >= 0.6 is 0 Å². The third-order valence-electron chi connectivity index (χ3n) is 7.81. The molecule has 2 fully saturated rings. The SMILES string of the molecule is CNCC(CC1CCCCC1)NC(=O)N1CCC[C@@H]([C@@](O)(CCC(F)(F)F)c2cccc(C)c2)C1. The molecule has 0 radical (unpaired) electrons. The molecule has 1 aromatic rings. The third-order valence-corrected chi connectivity index (χ3v) is 7.81. The summed E-state index contributed by atoms with van der Waals surface area (Å²) in [5.41, 5.74) is -0.261. The van der Waals surface area contributed by atoms with Crippen molar-refractivity contribution >= 4 is 6.03 Å². The lowest BCUT2D eigenvalue weighted by atomic mass is 9.74. The number of halogens is 3. The second-order valence-electron chi connectivity index (χ2n) is 10.6. The molecule has 1 saturated heterocycles. The highest BCUT2D eigenvalue weighted by Crippen LogP contribution is 2.42. The number of nitrogens with one attached hydrogen (secondary N) is 2. The maximum atomic E-state index is 13.2. The number of likely N-dealkylation sites (tertiary alicyclic amines) is 1. The first kappa shape index (κ1) is 27.8. The summed E-state index contributed by atoms with van der Waals surface area (Å²) in [6.07, 6.45) is 2.50. The van der Waals surface area contributed by atoms with Gasteiger partial charge in [0, 0.05) is 38.0 Å². The molecule has 0 bridgehead atoms. The van der Waals surface area contributed by atoms with E-state index >= 15 is 0 Å². The van der Waals surface area contributed by atoms with E-state index in [1.165, 1.54) is 32.1 Å². The summed E-state index contributed by atoms with van der Waals surface area (Å²) in [6.45, 7) is 3.33. The molecule has 1 heterocycles. The van der Waals surface area contributed by atoms with Crippen LogP contribution < -0.4 is 10.6 Å². The van der Waals surface area contributed by atoms with Gasteiger partial charge in [0.1, 0.15) is 0 Å². The Labute approximate surface area is 207 Å². The Morgan fingerprint density at radius 2 is 1.89 bits per heavy atom. The van der Waals surface area contributed by atoms with Gasteiger partial charge in [0.15, 0.2) is 0 Å². The zero-order valence-corrected chi connectivity index (χ0v) is 21.2. The van der Waals surface area contributed by atoms with Crippen LogP contribution in [0.2, 0.25) is 0 Å². The maximum absolute atomic E-state index is 13.2. The van der Waals surface area contributed by atoms with Crippen LogP contribution in [0.25, 0.3) is 0 Å². The number of hydrogen-bond donors (Lipinski definition) is 3. The van der Waals surface area contributed by atoms with Gasteiger partial charge in [0.05, 0.1) is 5.60 Å². The lowest BCUT2D eigenvalue weighted by molar-refractivity contribution is -0.155. The number of alkyl halides is 3. The Morgan fingerprint density at radius 3 is 2.54 bits per heavy atom. The van der Waals surface area contributed by atoms with Crippen LogP contribution in [0.4, 0.5) is 18.0 Å². The standard InChI is InChI=1S/C27H42F3N3O2/c1-20-8-6-11-22(16-20)26(35,13-14-27(28,29)30)23-12-7-15-33(19-23)25(34)32-24(18-31-2)17-21-9-4-3-5-10-21/h6,8,11,16,21,23-24,31,35H,3-5,7,9-10,12-15,17-19H2,1-2H3,(H,32,34)/t23-,24?,26-/m1/s1. The molecule has 3 rings (SSSR count). The average molecular weight is 498 g/mol. The van der Waals surface area contributed by atoms with Gasteiger partial charge in [0.2, 0.25) is 0 Å². The zero-order valence-electron chi connectivity index (χ0n) is 21.2. The van der Waals surface area contributed by atoms with Crippen LogP contribution in [-0.2, 0) is 5.60 Å².